The zero-order chi connectivity index (χ0) is 20.5. The summed E-state index contributed by atoms with van der Waals surface area (Å²) in [7, 11) is 0. The highest BCUT2D eigenvalue weighted by Crippen LogP contribution is 2.32. The largest absolute Gasteiger partial charge is 0.378 e. The fraction of sp³-hybridized carbons (Fsp3) is 0.217. The van der Waals surface area contributed by atoms with Crippen LogP contribution in [0.1, 0.15) is 5.69 Å². The molecule has 7 heteroatoms. The van der Waals surface area contributed by atoms with Crippen LogP contribution < -0.4 is 10.2 Å². The molecule has 0 aliphatic carbocycles. The molecular formula is C23H22FN5O. The van der Waals surface area contributed by atoms with Gasteiger partial charge in [0.25, 0.3) is 0 Å². The lowest BCUT2D eigenvalue weighted by Gasteiger charge is -2.29. The molecule has 1 saturated heterocycles. The molecule has 0 saturated carbocycles. The minimum atomic E-state index is -0.507. The molecule has 3 aromatic heterocycles. The second-order valence-corrected chi connectivity index (χ2v) is 7.31. The molecule has 0 atom stereocenters. The van der Waals surface area contributed by atoms with Crippen molar-refractivity contribution in [3.8, 4) is 11.3 Å². The Hall–Kier alpha value is -3.45. The normalized spacial score (nSPS) is 14.3. The van der Waals surface area contributed by atoms with Gasteiger partial charge in [-0.2, -0.15) is 4.39 Å². The fourth-order valence-electron chi connectivity index (χ4n) is 3.80. The van der Waals surface area contributed by atoms with E-state index in [0.717, 1.165) is 60.4 Å². The third-order valence-corrected chi connectivity index (χ3v) is 5.35. The number of imidazole rings is 1. The van der Waals surface area contributed by atoms with Crippen LogP contribution >= 0.6 is 0 Å². The maximum absolute atomic E-state index is 13.3. The number of morpholine rings is 1. The second-order valence-electron chi connectivity index (χ2n) is 7.31. The Bertz CT molecular complexity index is 1160. The highest BCUT2D eigenvalue weighted by molar-refractivity contribution is 5.80. The molecule has 1 N–H and O–H groups in total. The molecule has 4 aromatic rings. The first-order valence-electron chi connectivity index (χ1n) is 9.99. The van der Waals surface area contributed by atoms with Crippen molar-refractivity contribution in [3.05, 3.63) is 72.4 Å². The fourth-order valence-corrected chi connectivity index (χ4v) is 3.80. The minimum absolute atomic E-state index is 0.507. The summed E-state index contributed by atoms with van der Waals surface area (Å²) in [6.45, 7) is 5.36. The summed E-state index contributed by atoms with van der Waals surface area (Å²) in [6, 6.07) is 17.4. The lowest BCUT2D eigenvalue weighted by Crippen LogP contribution is -2.36. The van der Waals surface area contributed by atoms with E-state index >= 15 is 0 Å². The molecule has 152 valence electrons. The van der Waals surface area contributed by atoms with Crippen LogP contribution in [0.25, 0.3) is 16.9 Å². The minimum Gasteiger partial charge on any atom is -0.378 e. The number of anilines is 3. The number of nitrogens with one attached hydrogen (secondary N) is 1. The third-order valence-electron chi connectivity index (χ3n) is 5.35. The molecule has 4 heterocycles. The van der Waals surface area contributed by atoms with Crippen molar-refractivity contribution >= 4 is 22.8 Å². The summed E-state index contributed by atoms with van der Waals surface area (Å²) in [5, 5.41) is 3.52. The standard InChI is InChI=1S/C23H22FN5O/c1-16-3-2-4-21-27-22(17-5-10-20(24)25-15-17)23(29(16)21)26-18-6-8-19(9-7-18)28-11-13-30-14-12-28/h2-10,15,26H,11-14H2,1H3. The predicted molar refractivity (Wildman–Crippen MR) is 116 cm³/mol. The molecule has 5 rings (SSSR count). The third kappa shape index (κ3) is 3.48. The van der Waals surface area contributed by atoms with Crippen LogP contribution in [0.15, 0.2) is 60.8 Å². The number of aryl methyl sites for hydroxylation is 1. The van der Waals surface area contributed by atoms with E-state index in [-0.39, 0.29) is 0 Å². The number of pyridine rings is 2. The van der Waals surface area contributed by atoms with Crippen molar-refractivity contribution < 1.29 is 9.13 Å². The van der Waals surface area contributed by atoms with Crippen molar-refractivity contribution in [2.45, 2.75) is 6.92 Å². The lowest BCUT2D eigenvalue weighted by atomic mass is 10.2. The molecule has 0 bridgehead atoms. The first kappa shape index (κ1) is 18.6. The number of halogens is 1. The Labute approximate surface area is 174 Å². The molecule has 0 amide bonds. The van der Waals surface area contributed by atoms with Gasteiger partial charge < -0.3 is 15.0 Å². The molecule has 1 fully saturated rings. The van der Waals surface area contributed by atoms with Gasteiger partial charge in [-0.25, -0.2) is 9.97 Å². The molecule has 0 spiro atoms. The Balaban J connectivity index is 1.53. The van der Waals surface area contributed by atoms with E-state index in [1.807, 2.05) is 25.1 Å². The van der Waals surface area contributed by atoms with Crippen molar-refractivity contribution in [1.29, 1.82) is 0 Å². The van der Waals surface area contributed by atoms with E-state index in [9.17, 15) is 4.39 Å². The summed E-state index contributed by atoms with van der Waals surface area (Å²) >= 11 is 0. The number of benzene rings is 1. The van der Waals surface area contributed by atoms with Crippen LogP contribution in [0.5, 0.6) is 0 Å². The molecule has 1 aliphatic rings. The topological polar surface area (TPSA) is 54.7 Å². The van der Waals surface area contributed by atoms with Gasteiger partial charge in [-0.05, 0) is 55.5 Å². The van der Waals surface area contributed by atoms with Gasteiger partial charge in [-0.1, -0.05) is 6.07 Å². The summed E-state index contributed by atoms with van der Waals surface area (Å²) < 4.78 is 20.8. The number of ether oxygens (including phenoxy) is 1. The van der Waals surface area contributed by atoms with Gasteiger partial charge in [0.2, 0.25) is 5.95 Å². The molecule has 1 aromatic carbocycles. The van der Waals surface area contributed by atoms with E-state index in [1.165, 1.54) is 18.0 Å². The summed E-state index contributed by atoms with van der Waals surface area (Å²) in [4.78, 5) is 10.9. The lowest BCUT2D eigenvalue weighted by molar-refractivity contribution is 0.122. The Morgan fingerprint density at radius 1 is 1.00 bits per heavy atom. The molecule has 0 radical (unpaired) electrons. The summed E-state index contributed by atoms with van der Waals surface area (Å²) in [6.07, 6.45) is 1.51. The van der Waals surface area contributed by atoms with Crippen LogP contribution in [0.3, 0.4) is 0 Å². The van der Waals surface area contributed by atoms with Gasteiger partial charge in [0, 0.05) is 41.9 Å². The van der Waals surface area contributed by atoms with Crippen molar-refractivity contribution in [2.75, 3.05) is 36.5 Å². The first-order valence-corrected chi connectivity index (χ1v) is 9.99. The first-order chi connectivity index (χ1) is 14.7. The number of rotatable bonds is 4. The molecule has 6 nitrogen and oxygen atoms in total. The zero-order valence-corrected chi connectivity index (χ0v) is 16.7. The molecule has 1 aliphatic heterocycles. The van der Waals surface area contributed by atoms with Gasteiger partial charge in [-0.3, -0.25) is 4.40 Å². The predicted octanol–water partition coefficient (Wildman–Crippen LogP) is 4.42. The van der Waals surface area contributed by atoms with Crippen LogP contribution in [0.4, 0.5) is 21.6 Å². The number of nitrogens with zero attached hydrogens (tertiary/aromatic N) is 4. The smallest absolute Gasteiger partial charge is 0.212 e. The van der Waals surface area contributed by atoms with E-state index < -0.39 is 5.95 Å². The highest BCUT2D eigenvalue weighted by atomic mass is 19.1. The van der Waals surface area contributed by atoms with Crippen LogP contribution in [0.2, 0.25) is 0 Å². The Morgan fingerprint density at radius 3 is 2.53 bits per heavy atom. The summed E-state index contributed by atoms with van der Waals surface area (Å²) in [5.41, 5.74) is 5.49. The van der Waals surface area contributed by atoms with Crippen LogP contribution in [0, 0.1) is 12.9 Å². The average Bonchev–Trinajstić information content (AvgIpc) is 3.15. The van der Waals surface area contributed by atoms with E-state index in [1.54, 1.807) is 6.07 Å². The Morgan fingerprint density at radius 2 is 1.80 bits per heavy atom. The van der Waals surface area contributed by atoms with Crippen molar-refractivity contribution in [3.63, 3.8) is 0 Å². The van der Waals surface area contributed by atoms with Gasteiger partial charge in [-0.15, -0.1) is 0 Å². The molecule has 0 unspecified atom stereocenters. The van der Waals surface area contributed by atoms with E-state index in [0.29, 0.717) is 0 Å². The number of hydrogen-bond acceptors (Lipinski definition) is 5. The second kappa shape index (κ2) is 7.76. The van der Waals surface area contributed by atoms with Gasteiger partial charge in [0.05, 0.1) is 13.2 Å². The van der Waals surface area contributed by atoms with Gasteiger partial charge >= 0.3 is 0 Å². The quantitative estimate of drug-likeness (QED) is 0.511. The molecule has 30 heavy (non-hydrogen) atoms. The summed E-state index contributed by atoms with van der Waals surface area (Å²) in [5.74, 6) is 0.322. The number of fused-ring (bicyclic) bond motifs is 1. The van der Waals surface area contributed by atoms with Crippen molar-refractivity contribution in [1.82, 2.24) is 14.4 Å². The van der Waals surface area contributed by atoms with Crippen molar-refractivity contribution in [2.24, 2.45) is 0 Å². The average molecular weight is 403 g/mol. The van der Waals surface area contributed by atoms with Crippen LogP contribution in [-0.2, 0) is 4.74 Å². The van der Waals surface area contributed by atoms with Crippen LogP contribution in [-0.4, -0.2) is 40.7 Å². The molecular weight excluding hydrogens is 381 g/mol. The SMILES string of the molecule is Cc1cccc2nc(-c3ccc(F)nc3)c(Nc3ccc(N4CCOCC4)cc3)n12. The zero-order valence-electron chi connectivity index (χ0n) is 16.7. The number of aromatic nitrogens is 3. The maximum atomic E-state index is 13.3. The van der Waals surface area contributed by atoms with Gasteiger partial charge in [0.15, 0.2) is 0 Å². The maximum Gasteiger partial charge on any atom is 0.212 e. The number of hydrogen-bond donors (Lipinski definition) is 1. The highest BCUT2D eigenvalue weighted by Gasteiger charge is 2.17. The monoisotopic (exact) mass is 403 g/mol. The Kier molecular flexibility index (Phi) is 4.80. The van der Waals surface area contributed by atoms with E-state index in [2.05, 4.69) is 43.9 Å². The van der Waals surface area contributed by atoms with E-state index in [4.69, 9.17) is 9.72 Å². The van der Waals surface area contributed by atoms with Gasteiger partial charge in [0.1, 0.15) is 17.2 Å².